The van der Waals surface area contributed by atoms with Crippen molar-refractivity contribution in [1.82, 2.24) is 0 Å². The number of para-hydroxylation sites is 2. The van der Waals surface area contributed by atoms with Crippen LogP contribution in [-0.4, -0.2) is 0 Å². The quantitative estimate of drug-likeness (QED) is 0.221. The van der Waals surface area contributed by atoms with Crippen LogP contribution in [0, 0.1) is 6.92 Å². The fourth-order valence-corrected chi connectivity index (χ4v) is 4.96. The Balaban J connectivity index is 1.69. The van der Waals surface area contributed by atoms with Crippen molar-refractivity contribution >= 4 is 45.7 Å². The standard InChI is InChI=1S/C35H33ClN2/c1-26-18-22-30(23-19-26)38(31-24-20-27(21-25-31)35(2,3)4)33-17-11-16-32(34(33)36)37(28-12-7-5-8-13-28)29-14-9-6-10-15-29/h5-25H,1-4H3. The molecule has 0 amide bonds. The molecule has 5 aromatic rings. The number of aryl methyl sites for hydroxylation is 1. The molecule has 190 valence electrons. The van der Waals surface area contributed by atoms with Crippen LogP contribution in [0.1, 0.15) is 31.9 Å². The molecule has 0 saturated heterocycles. The average Bonchev–Trinajstić information content (AvgIpc) is 2.93. The Morgan fingerprint density at radius 2 is 0.868 bits per heavy atom. The molecular formula is C35H33ClN2. The Labute approximate surface area is 231 Å². The molecule has 0 aliphatic carbocycles. The van der Waals surface area contributed by atoms with Crippen LogP contribution in [0.25, 0.3) is 0 Å². The third-order valence-corrected chi connectivity index (χ3v) is 7.14. The van der Waals surface area contributed by atoms with E-state index in [2.05, 4.69) is 153 Å². The predicted octanol–water partition coefficient (Wildman–Crippen LogP) is 10.9. The summed E-state index contributed by atoms with van der Waals surface area (Å²) in [5.41, 5.74) is 8.66. The molecule has 0 bridgehead atoms. The number of hydrogen-bond acceptors (Lipinski definition) is 2. The van der Waals surface area contributed by atoms with E-state index in [1.54, 1.807) is 0 Å². The van der Waals surface area contributed by atoms with Gasteiger partial charge in [0.05, 0.1) is 16.4 Å². The summed E-state index contributed by atoms with van der Waals surface area (Å²) < 4.78 is 0. The Bertz CT molecular complexity index is 1450. The van der Waals surface area contributed by atoms with Gasteiger partial charge in [0.2, 0.25) is 0 Å². The van der Waals surface area contributed by atoms with Gasteiger partial charge in [-0.15, -0.1) is 0 Å². The highest BCUT2D eigenvalue weighted by molar-refractivity contribution is 6.36. The lowest BCUT2D eigenvalue weighted by molar-refractivity contribution is 0.590. The summed E-state index contributed by atoms with van der Waals surface area (Å²) in [6.45, 7) is 8.82. The Hall–Kier alpha value is -4.01. The number of nitrogens with zero attached hydrogens (tertiary/aromatic N) is 2. The lowest BCUT2D eigenvalue weighted by Crippen LogP contribution is -2.15. The van der Waals surface area contributed by atoms with Crippen molar-refractivity contribution in [3.8, 4) is 0 Å². The second kappa shape index (κ2) is 10.8. The number of halogens is 1. The molecule has 0 aromatic heterocycles. The average molecular weight is 517 g/mol. The van der Waals surface area contributed by atoms with Gasteiger partial charge in [-0.3, -0.25) is 0 Å². The van der Waals surface area contributed by atoms with Crippen molar-refractivity contribution in [1.29, 1.82) is 0 Å². The van der Waals surface area contributed by atoms with E-state index in [9.17, 15) is 0 Å². The first-order chi connectivity index (χ1) is 18.3. The minimum Gasteiger partial charge on any atom is -0.309 e. The smallest absolute Gasteiger partial charge is 0.0887 e. The van der Waals surface area contributed by atoms with Gasteiger partial charge in [0.25, 0.3) is 0 Å². The van der Waals surface area contributed by atoms with Gasteiger partial charge in [0, 0.05) is 22.7 Å². The highest BCUT2D eigenvalue weighted by atomic mass is 35.5. The Morgan fingerprint density at radius 3 is 1.29 bits per heavy atom. The van der Waals surface area contributed by atoms with Crippen LogP contribution in [0.4, 0.5) is 34.1 Å². The van der Waals surface area contributed by atoms with Gasteiger partial charge in [-0.2, -0.15) is 0 Å². The summed E-state index contributed by atoms with van der Waals surface area (Å²) in [6.07, 6.45) is 0. The molecular weight excluding hydrogens is 484 g/mol. The summed E-state index contributed by atoms with van der Waals surface area (Å²) >= 11 is 7.35. The van der Waals surface area contributed by atoms with Gasteiger partial charge in [-0.05, 0) is 78.6 Å². The van der Waals surface area contributed by atoms with E-state index in [1.165, 1.54) is 11.1 Å². The van der Waals surface area contributed by atoms with Crippen molar-refractivity contribution < 1.29 is 0 Å². The summed E-state index contributed by atoms with van der Waals surface area (Å²) in [6, 6.07) is 44.4. The van der Waals surface area contributed by atoms with Crippen molar-refractivity contribution in [3.63, 3.8) is 0 Å². The fraction of sp³-hybridized carbons (Fsp3) is 0.143. The van der Waals surface area contributed by atoms with Crippen LogP contribution in [0.15, 0.2) is 127 Å². The first-order valence-electron chi connectivity index (χ1n) is 13.0. The number of anilines is 6. The van der Waals surface area contributed by atoms with Crippen LogP contribution in [0.2, 0.25) is 5.02 Å². The van der Waals surface area contributed by atoms with Crippen molar-refractivity contribution in [2.45, 2.75) is 33.1 Å². The minimum absolute atomic E-state index is 0.0800. The minimum atomic E-state index is 0.0800. The van der Waals surface area contributed by atoms with Gasteiger partial charge in [0.1, 0.15) is 0 Å². The first-order valence-corrected chi connectivity index (χ1v) is 13.4. The van der Waals surface area contributed by atoms with Gasteiger partial charge in [-0.25, -0.2) is 0 Å². The molecule has 0 aliphatic heterocycles. The van der Waals surface area contributed by atoms with Gasteiger partial charge >= 0.3 is 0 Å². The summed E-state index contributed by atoms with van der Waals surface area (Å²) in [4.78, 5) is 4.45. The van der Waals surface area contributed by atoms with E-state index in [4.69, 9.17) is 11.6 Å². The molecule has 5 aromatic carbocycles. The molecule has 38 heavy (non-hydrogen) atoms. The van der Waals surface area contributed by atoms with Crippen LogP contribution < -0.4 is 9.80 Å². The van der Waals surface area contributed by atoms with Gasteiger partial charge in [0.15, 0.2) is 0 Å². The van der Waals surface area contributed by atoms with Crippen LogP contribution in [-0.2, 0) is 5.41 Å². The summed E-state index contributed by atoms with van der Waals surface area (Å²) in [5.74, 6) is 0. The van der Waals surface area contributed by atoms with Crippen molar-refractivity contribution in [2.75, 3.05) is 9.80 Å². The largest absolute Gasteiger partial charge is 0.309 e. The topological polar surface area (TPSA) is 6.48 Å². The first kappa shape index (κ1) is 25.6. The zero-order valence-electron chi connectivity index (χ0n) is 22.4. The third kappa shape index (κ3) is 5.32. The van der Waals surface area contributed by atoms with E-state index in [0.717, 1.165) is 34.1 Å². The lowest BCUT2D eigenvalue weighted by Gasteiger charge is -2.31. The summed E-state index contributed by atoms with van der Waals surface area (Å²) in [5, 5.41) is 0.681. The van der Waals surface area contributed by atoms with Crippen LogP contribution >= 0.6 is 11.6 Å². The molecule has 0 aliphatic rings. The monoisotopic (exact) mass is 516 g/mol. The fourth-order valence-electron chi connectivity index (χ4n) is 4.67. The number of rotatable bonds is 6. The molecule has 5 rings (SSSR count). The summed E-state index contributed by atoms with van der Waals surface area (Å²) in [7, 11) is 0. The maximum Gasteiger partial charge on any atom is 0.0887 e. The molecule has 0 atom stereocenters. The zero-order valence-corrected chi connectivity index (χ0v) is 23.2. The second-order valence-electron chi connectivity index (χ2n) is 10.6. The SMILES string of the molecule is Cc1ccc(N(c2ccc(C(C)(C)C)cc2)c2cccc(N(c3ccccc3)c3ccccc3)c2Cl)cc1. The van der Waals surface area contributed by atoms with E-state index in [0.29, 0.717) is 5.02 Å². The Kier molecular flexibility index (Phi) is 7.26. The van der Waals surface area contributed by atoms with E-state index >= 15 is 0 Å². The van der Waals surface area contributed by atoms with E-state index in [1.807, 2.05) is 12.1 Å². The van der Waals surface area contributed by atoms with Crippen LogP contribution in [0.3, 0.4) is 0 Å². The molecule has 0 N–H and O–H groups in total. The molecule has 0 fully saturated rings. The number of benzene rings is 5. The van der Waals surface area contributed by atoms with Gasteiger partial charge < -0.3 is 9.80 Å². The third-order valence-electron chi connectivity index (χ3n) is 6.75. The zero-order chi connectivity index (χ0) is 26.7. The Morgan fingerprint density at radius 1 is 0.474 bits per heavy atom. The lowest BCUT2D eigenvalue weighted by atomic mass is 9.87. The normalized spacial score (nSPS) is 11.3. The van der Waals surface area contributed by atoms with E-state index < -0.39 is 0 Å². The predicted molar refractivity (Wildman–Crippen MR) is 164 cm³/mol. The maximum absolute atomic E-state index is 7.35. The molecule has 0 heterocycles. The second-order valence-corrected chi connectivity index (χ2v) is 11.0. The van der Waals surface area contributed by atoms with E-state index in [-0.39, 0.29) is 5.41 Å². The maximum atomic E-state index is 7.35. The van der Waals surface area contributed by atoms with Crippen molar-refractivity contribution in [2.24, 2.45) is 0 Å². The molecule has 0 radical (unpaired) electrons. The van der Waals surface area contributed by atoms with Crippen molar-refractivity contribution in [3.05, 3.63) is 144 Å². The van der Waals surface area contributed by atoms with Gasteiger partial charge in [-0.1, -0.05) is 105 Å². The van der Waals surface area contributed by atoms with Crippen LogP contribution in [0.5, 0.6) is 0 Å². The number of hydrogen-bond donors (Lipinski definition) is 0. The molecule has 3 heteroatoms. The highest BCUT2D eigenvalue weighted by Crippen LogP contribution is 2.46. The molecule has 2 nitrogen and oxygen atoms in total. The molecule has 0 spiro atoms. The molecule has 0 saturated carbocycles. The molecule has 0 unspecified atom stereocenters. The highest BCUT2D eigenvalue weighted by Gasteiger charge is 2.22.